The van der Waals surface area contributed by atoms with E-state index in [2.05, 4.69) is 48.5 Å². The molecule has 0 aromatic carbocycles. The summed E-state index contributed by atoms with van der Waals surface area (Å²) in [6, 6.07) is 0. The minimum absolute atomic E-state index is 0.262. The second-order valence-corrected chi connectivity index (χ2v) is 6.19. The normalized spacial score (nSPS) is 15.9. The molecule has 80 valence electrons. The third-order valence-electron chi connectivity index (χ3n) is 2.44. The Balaban J connectivity index is 3.67. The number of rotatable bonds is 3. The lowest BCUT2D eigenvalue weighted by molar-refractivity contribution is -0.0145. The average Bonchev–Trinajstić information content (AvgIpc) is 1.82. The van der Waals surface area contributed by atoms with Crippen molar-refractivity contribution in [3.8, 4) is 0 Å². The zero-order valence-electron chi connectivity index (χ0n) is 10.4. The molecule has 1 heteroatoms. The third-order valence-corrected chi connectivity index (χ3v) is 2.44. The molecule has 0 saturated carbocycles. The summed E-state index contributed by atoms with van der Waals surface area (Å²) < 4.78 is 5.78. The monoisotopic (exact) mass is 186 g/mol. The third kappa shape index (κ3) is 7.06. The van der Waals surface area contributed by atoms with Gasteiger partial charge in [0.15, 0.2) is 0 Å². The summed E-state index contributed by atoms with van der Waals surface area (Å²) in [7, 11) is 0. The molecule has 0 radical (unpaired) electrons. The van der Waals surface area contributed by atoms with Crippen molar-refractivity contribution in [2.45, 2.75) is 61.0 Å². The quantitative estimate of drug-likeness (QED) is 0.650. The van der Waals surface area contributed by atoms with Gasteiger partial charge in [0.2, 0.25) is 0 Å². The largest absolute Gasteiger partial charge is 0.378 e. The molecule has 1 atom stereocenters. The van der Waals surface area contributed by atoms with Crippen LogP contribution in [0.5, 0.6) is 0 Å². The van der Waals surface area contributed by atoms with Gasteiger partial charge in [0.05, 0.1) is 6.10 Å². The van der Waals surface area contributed by atoms with Gasteiger partial charge in [-0.2, -0.15) is 0 Å². The van der Waals surface area contributed by atoms with Crippen molar-refractivity contribution in [1.82, 2.24) is 0 Å². The Labute approximate surface area is 83.9 Å². The Hall–Kier alpha value is -0.0400. The summed E-state index contributed by atoms with van der Waals surface area (Å²) in [6.45, 7) is 16.4. The van der Waals surface area contributed by atoms with Crippen molar-refractivity contribution in [2.24, 2.45) is 10.8 Å². The van der Waals surface area contributed by atoms with E-state index in [4.69, 9.17) is 4.74 Å². The highest BCUT2D eigenvalue weighted by molar-refractivity contribution is 4.70. The molecule has 0 aromatic rings. The van der Waals surface area contributed by atoms with Gasteiger partial charge in [-0.15, -0.1) is 0 Å². The smallest absolute Gasteiger partial charge is 0.0595 e. The van der Waals surface area contributed by atoms with Crippen LogP contribution < -0.4 is 0 Å². The Morgan fingerprint density at radius 3 is 1.77 bits per heavy atom. The van der Waals surface area contributed by atoms with E-state index in [1.165, 1.54) is 0 Å². The van der Waals surface area contributed by atoms with Crippen LogP contribution in [0.1, 0.15) is 54.9 Å². The molecule has 0 aromatic heterocycles. The first-order chi connectivity index (χ1) is 5.63. The molecular weight excluding hydrogens is 160 g/mol. The van der Waals surface area contributed by atoms with E-state index in [0.717, 1.165) is 13.0 Å². The highest BCUT2D eigenvalue weighted by Gasteiger charge is 2.21. The van der Waals surface area contributed by atoms with Crippen molar-refractivity contribution < 1.29 is 4.74 Å². The summed E-state index contributed by atoms with van der Waals surface area (Å²) in [5.41, 5.74) is 0.648. The van der Waals surface area contributed by atoms with Gasteiger partial charge in [0, 0.05) is 6.61 Å². The molecule has 0 aliphatic carbocycles. The van der Waals surface area contributed by atoms with Gasteiger partial charge in [-0.05, 0) is 24.2 Å². The molecule has 0 heterocycles. The van der Waals surface area contributed by atoms with Gasteiger partial charge in [-0.3, -0.25) is 0 Å². The lowest BCUT2D eigenvalue weighted by Crippen LogP contribution is -2.27. The SMILES string of the molecule is C[C@H](OCCC(C)(C)C)C(C)(C)C. The standard InChI is InChI=1S/C12H26O/c1-10(12(5,6)7)13-9-8-11(2,3)4/h10H,8-9H2,1-7H3/t10-/m0/s1. The maximum atomic E-state index is 5.78. The molecule has 0 rings (SSSR count). The number of hydrogen-bond donors (Lipinski definition) is 0. The van der Waals surface area contributed by atoms with E-state index in [9.17, 15) is 0 Å². The molecule has 0 bridgehead atoms. The van der Waals surface area contributed by atoms with E-state index in [1.54, 1.807) is 0 Å². The van der Waals surface area contributed by atoms with Gasteiger partial charge >= 0.3 is 0 Å². The molecule has 0 unspecified atom stereocenters. The van der Waals surface area contributed by atoms with Crippen molar-refractivity contribution >= 4 is 0 Å². The van der Waals surface area contributed by atoms with Crippen LogP contribution in [0.3, 0.4) is 0 Å². The first kappa shape index (κ1) is 13.0. The van der Waals surface area contributed by atoms with Crippen molar-refractivity contribution in [2.75, 3.05) is 6.61 Å². The van der Waals surface area contributed by atoms with Gasteiger partial charge in [0.25, 0.3) is 0 Å². The molecule has 0 aliphatic rings. The lowest BCUT2D eigenvalue weighted by atomic mass is 9.89. The zero-order chi connectivity index (χ0) is 10.7. The Morgan fingerprint density at radius 2 is 1.46 bits per heavy atom. The fraction of sp³-hybridized carbons (Fsp3) is 1.00. The highest BCUT2D eigenvalue weighted by Crippen LogP contribution is 2.24. The van der Waals surface area contributed by atoms with Crippen molar-refractivity contribution in [3.05, 3.63) is 0 Å². The topological polar surface area (TPSA) is 9.23 Å². The summed E-state index contributed by atoms with van der Waals surface area (Å²) in [6.07, 6.45) is 1.47. The van der Waals surface area contributed by atoms with E-state index in [-0.39, 0.29) is 5.41 Å². The minimum atomic E-state index is 0.262. The molecule has 0 amide bonds. The first-order valence-electron chi connectivity index (χ1n) is 5.24. The molecular formula is C12H26O. The second kappa shape index (κ2) is 4.45. The van der Waals surface area contributed by atoms with Gasteiger partial charge in [0.1, 0.15) is 0 Å². The van der Waals surface area contributed by atoms with E-state index in [1.807, 2.05) is 0 Å². The number of hydrogen-bond acceptors (Lipinski definition) is 1. The van der Waals surface area contributed by atoms with Crippen LogP contribution in [0.25, 0.3) is 0 Å². The van der Waals surface area contributed by atoms with Crippen LogP contribution in [0.2, 0.25) is 0 Å². The number of ether oxygens (including phenoxy) is 1. The van der Waals surface area contributed by atoms with Crippen molar-refractivity contribution in [3.63, 3.8) is 0 Å². The van der Waals surface area contributed by atoms with Gasteiger partial charge in [-0.1, -0.05) is 41.5 Å². The Morgan fingerprint density at radius 1 is 1.00 bits per heavy atom. The molecule has 0 spiro atoms. The van der Waals surface area contributed by atoms with Crippen LogP contribution >= 0.6 is 0 Å². The molecule has 0 saturated heterocycles. The first-order valence-corrected chi connectivity index (χ1v) is 5.24. The van der Waals surface area contributed by atoms with Gasteiger partial charge < -0.3 is 4.74 Å². The fourth-order valence-electron chi connectivity index (χ4n) is 0.792. The van der Waals surface area contributed by atoms with Crippen molar-refractivity contribution in [1.29, 1.82) is 0 Å². The highest BCUT2D eigenvalue weighted by atomic mass is 16.5. The van der Waals surface area contributed by atoms with Crippen LogP contribution in [0, 0.1) is 10.8 Å². The van der Waals surface area contributed by atoms with Crippen LogP contribution in [-0.4, -0.2) is 12.7 Å². The van der Waals surface area contributed by atoms with Crippen LogP contribution in [0.4, 0.5) is 0 Å². The minimum Gasteiger partial charge on any atom is -0.378 e. The van der Waals surface area contributed by atoms with Gasteiger partial charge in [-0.25, -0.2) is 0 Å². The summed E-state index contributed by atoms with van der Waals surface area (Å²) in [5.74, 6) is 0. The molecule has 1 nitrogen and oxygen atoms in total. The van der Waals surface area contributed by atoms with Crippen LogP contribution in [0.15, 0.2) is 0 Å². The maximum Gasteiger partial charge on any atom is 0.0595 e. The maximum absolute atomic E-state index is 5.78. The summed E-state index contributed by atoms with van der Waals surface area (Å²) in [4.78, 5) is 0. The molecule has 13 heavy (non-hydrogen) atoms. The Kier molecular flexibility index (Phi) is 4.44. The molecule has 0 aliphatic heterocycles. The molecule has 0 fully saturated rings. The van der Waals surface area contributed by atoms with Crippen LogP contribution in [-0.2, 0) is 4.74 Å². The fourth-order valence-corrected chi connectivity index (χ4v) is 0.792. The second-order valence-electron chi connectivity index (χ2n) is 6.19. The predicted molar refractivity (Wildman–Crippen MR) is 58.9 cm³/mol. The van der Waals surface area contributed by atoms with E-state index < -0.39 is 0 Å². The zero-order valence-corrected chi connectivity index (χ0v) is 10.4. The summed E-state index contributed by atoms with van der Waals surface area (Å²) >= 11 is 0. The average molecular weight is 186 g/mol. The summed E-state index contributed by atoms with van der Waals surface area (Å²) in [5, 5.41) is 0. The predicted octanol–water partition coefficient (Wildman–Crippen LogP) is 3.87. The Bertz CT molecular complexity index is 136. The van der Waals surface area contributed by atoms with E-state index >= 15 is 0 Å². The lowest BCUT2D eigenvalue weighted by Gasteiger charge is -2.28. The molecule has 0 N–H and O–H groups in total. The van der Waals surface area contributed by atoms with E-state index in [0.29, 0.717) is 11.5 Å².